The van der Waals surface area contributed by atoms with Crippen LogP contribution >= 0.6 is 11.6 Å². The van der Waals surface area contributed by atoms with Crippen molar-refractivity contribution in [3.8, 4) is 0 Å². The summed E-state index contributed by atoms with van der Waals surface area (Å²) in [5, 5.41) is 2.73. The van der Waals surface area contributed by atoms with Crippen molar-refractivity contribution in [1.29, 1.82) is 0 Å². The molecule has 1 aromatic carbocycles. The van der Waals surface area contributed by atoms with Crippen LogP contribution in [0.25, 0.3) is 0 Å². The Bertz CT molecular complexity index is 614. The molecule has 1 amide bonds. The fourth-order valence-corrected chi connectivity index (χ4v) is 1.93. The molecule has 0 fully saturated rings. The van der Waals surface area contributed by atoms with E-state index in [0.717, 1.165) is 6.07 Å². The quantitative estimate of drug-likeness (QED) is 0.881. The van der Waals surface area contributed by atoms with Gasteiger partial charge in [-0.2, -0.15) is 0 Å². The Kier molecular flexibility index (Phi) is 4.63. The minimum Gasteiger partial charge on any atom is -0.352 e. The fourth-order valence-electron chi connectivity index (χ4n) is 1.73. The monoisotopic (exact) mass is 296 g/mol. The highest BCUT2D eigenvalue weighted by Gasteiger charge is 2.10. The van der Waals surface area contributed by atoms with Gasteiger partial charge in [0.2, 0.25) is 0 Å². The second-order valence-corrected chi connectivity index (χ2v) is 4.48. The molecule has 2 aromatic rings. The van der Waals surface area contributed by atoms with Gasteiger partial charge in [-0.05, 0) is 36.2 Å². The van der Waals surface area contributed by atoms with E-state index in [4.69, 9.17) is 11.6 Å². The van der Waals surface area contributed by atoms with Crippen LogP contribution in [0, 0.1) is 11.6 Å². The molecule has 0 saturated heterocycles. The van der Waals surface area contributed by atoms with Crippen molar-refractivity contribution in [2.45, 2.75) is 6.42 Å². The van der Waals surface area contributed by atoms with Gasteiger partial charge in [0.25, 0.3) is 5.91 Å². The number of halogens is 3. The van der Waals surface area contributed by atoms with E-state index in [9.17, 15) is 13.6 Å². The standard InChI is InChI=1S/C14H11ClF2N2O/c15-13-12(2-1-4-18-13)14(20)19-5-3-9-6-10(16)8-11(17)7-9/h1-2,4,6-8H,3,5H2,(H,19,20). The molecule has 20 heavy (non-hydrogen) atoms. The molecule has 6 heteroatoms. The number of rotatable bonds is 4. The summed E-state index contributed by atoms with van der Waals surface area (Å²) in [6.45, 7) is 0.243. The zero-order chi connectivity index (χ0) is 14.5. The molecule has 1 N–H and O–H groups in total. The van der Waals surface area contributed by atoms with Crippen molar-refractivity contribution in [2.24, 2.45) is 0 Å². The van der Waals surface area contributed by atoms with Crippen LogP contribution in [-0.2, 0) is 6.42 Å². The first-order valence-electron chi connectivity index (χ1n) is 5.90. The third-order valence-corrected chi connectivity index (χ3v) is 2.93. The molecule has 0 saturated carbocycles. The lowest BCUT2D eigenvalue weighted by atomic mass is 10.1. The first kappa shape index (κ1) is 14.4. The summed E-state index contributed by atoms with van der Waals surface area (Å²) < 4.78 is 26.0. The summed E-state index contributed by atoms with van der Waals surface area (Å²) in [5.74, 6) is -1.65. The maximum absolute atomic E-state index is 13.0. The number of carbonyl (C=O) groups excluding carboxylic acids is 1. The molecule has 0 aliphatic rings. The van der Waals surface area contributed by atoms with E-state index >= 15 is 0 Å². The van der Waals surface area contributed by atoms with Crippen molar-refractivity contribution in [1.82, 2.24) is 10.3 Å². The SMILES string of the molecule is O=C(NCCc1cc(F)cc(F)c1)c1cccnc1Cl. The van der Waals surface area contributed by atoms with E-state index in [1.165, 1.54) is 18.3 Å². The van der Waals surface area contributed by atoms with E-state index in [0.29, 0.717) is 12.0 Å². The minimum absolute atomic E-state index is 0.113. The lowest BCUT2D eigenvalue weighted by molar-refractivity contribution is 0.0954. The number of benzene rings is 1. The van der Waals surface area contributed by atoms with E-state index in [1.54, 1.807) is 12.1 Å². The second-order valence-electron chi connectivity index (χ2n) is 4.13. The Balaban J connectivity index is 1.93. The molecule has 3 nitrogen and oxygen atoms in total. The lowest BCUT2D eigenvalue weighted by Crippen LogP contribution is -2.26. The third-order valence-electron chi connectivity index (χ3n) is 2.63. The molecule has 104 valence electrons. The predicted octanol–water partition coefficient (Wildman–Crippen LogP) is 2.99. The molecule has 0 unspecified atom stereocenters. The van der Waals surface area contributed by atoms with Gasteiger partial charge in [0.15, 0.2) is 0 Å². The van der Waals surface area contributed by atoms with E-state index in [-0.39, 0.29) is 23.2 Å². The Morgan fingerprint density at radius 2 is 1.95 bits per heavy atom. The summed E-state index contributed by atoms with van der Waals surface area (Å²) >= 11 is 5.79. The fraction of sp³-hybridized carbons (Fsp3) is 0.143. The summed E-state index contributed by atoms with van der Waals surface area (Å²) in [4.78, 5) is 15.6. The molecule has 0 atom stereocenters. The zero-order valence-corrected chi connectivity index (χ0v) is 11.1. The lowest BCUT2D eigenvalue weighted by Gasteiger charge is -2.06. The number of nitrogens with zero attached hydrogens (tertiary/aromatic N) is 1. The average molecular weight is 297 g/mol. The molecular weight excluding hydrogens is 286 g/mol. The average Bonchev–Trinajstić information content (AvgIpc) is 2.38. The van der Waals surface area contributed by atoms with Crippen molar-refractivity contribution < 1.29 is 13.6 Å². The summed E-state index contributed by atoms with van der Waals surface area (Å²) in [6.07, 6.45) is 1.80. The van der Waals surface area contributed by atoms with Crippen molar-refractivity contribution in [2.75, 3.05) is 6.54 Å². The Morgan fingerprint density at radius 3 is 2.60 bits per heavy atom. The van der Waals surface area contributed by atoms with Gasteiger partial charge >= 0.3 is 0 Å². The molecule has 1 aromatic heterocycles. The number of pyridine rings is 1. The molecule has 0 bridgehead atoms. The van der Waals surface area contributed by atoms with Gasteiger partial charge < -0.3 is 5.32 Å². The third kappa shape index (κ3) is 3.74. The number of aromatic nitrogens is 1. The molecule has 2 rings (SSSR count). The van der Waals surface area contributed by atoms with Crippen LogP contribution < -0.4 is 5.32 Å². The van der Waals surface area contributed by atoms with E-state index in [1.807, 2.05) is 0 Å². The van der Waals surface area contributed by atoms with Crippen LogP contribution in [0.5, 0.6) is 0 Å². The molecule has 0 aliphatic heterocycles. The number of nitrogens with one attached hydrogen (secondary N) is 1. The van der Waals surface area contributed by atoms with Gasteiger partial charge in [-0.3, -0.25) is 4.79 Å². The minimum atomic E-state index is -0.637. The van der Waals surface area contributed by atoms with Crippen LogP contribution in [0.4, 0.5) is 8.78 Å². The molecule has 0 spiro atoms. The van der Waals surface area contributed by atoms with Crippen molar-refractivity contribution in [3.63, 3.8) is 0 Å². The Labute approximate surface area is 119 Å². The normalized spacial score (nSPS) is 10.3. The van der Waals surface area contributed by atoms with Gasteiger partial charge in [-0.25, -0.2) is 13.8 Å². The number of hydrogen-bond acceptors (Lipinski definition) is 2. The molecule has 1 heterocycles. The van der Waals surface area contributed by atoms with Gasteiger partial charge in [-0.1, -0.05) is 11.6 Å². The largest absolute Gasteiger partial charge is 0.352 e. The maximum Gasteiger partial charge on any atom is 0.254 e. The van der Waals surface area contributed by atoms with Crippen molar-refractivity contribution in [3.05, 3.63) is 64.4 Å². The van der Waals surface area contributed by atoms with Gasteiger partial charge in [0.05, 0.1) is 5.56 Å². The van der Waals surface area contributed by atoms with Crippen molar-refractivity contribution >= 4 is 17.5 Å². The highest BCUT2D eigenvalue weighted by molar-refractivity contribution is 6.32. The number of carbonyl (C=O) groups is 1. The molecular formula is C14H11ClF2N2O. The van der Waals surface area contributed by atoms with E-state index in [2.05, 4.69) is 10.3 Å². The first-order chi connectivity index (χ1) is 9.56. The number of hydrogen-bond donors (Lipinski definition) is 1. The molecule has 0 aliphatic carbocycles. The predicted molar refractivity (Wildman–Crippen MR) is 71.6 cm³/mol. The van der Waals surface area contributed by atoms with Crippen LogP contribution in [-0.4, -0.2) is 17.4 Å². The van der Waals surface area contributed by atoms with Gasteiger partial charge in [-0.15, -0.1) is 0 Å². The van der Waals surface area contributed by atoms with Crippen LogP contribution in [0.3, 0.4) is 0 Å². The van der Waals surface area contributed by atoms with Gasteiger partial charge in [0, 0.05) is 18.8 Å². The maximum atomic E-state index is 13.0. The molecule has 0 radical (unpaired) electrons. The Morgan fingerprint density at radius 1 is 1.25 bits per heavy atom. The Hall–Kier alpha value is -2.01. The summed E-state index contributed by atoms with van der Waals surface area (Å²) in [5.41, 5.74) is 0.736. The highest BCUT2D eigenvalue weighted by atomic mass is 35.5. The first-order valence-corrected chi connectivity index (χ1v) is 6.28. The topological polar surface area (TPSA) is 42.0 Å². The van der Waals surface area contributed by atoms with Crippen LogP contribution in [0.1, 0.15) is 15.9 Å². The summed E-state index contributed by atoms with van der Waals surface area (Å²) in [6, 6.07) is 6.41. The number of amides is 1. The van der Waals surface area contributed by atoms with Gasteiger partial charge in [0.1, 0.15) is 16.8 Å². The zero-order valence-electron chi connectivity index (χ0n) is 10.4. The smallest absolute Gasteiger partial charge is 0.254 e. The van der Waals surface area contributed by atoms with Crippen LogP contribution in [0.2, 0.25) is 5.15 Å². The van der Waals surface area contributed by atoms with E-state index < -0.39 is 11.6 Å². The van der Waals surface area contributed by atoms with Crippen LogP contribution in [0.15, 0.2) is 36.5 Å². The second kappa shape index (κ2) is 6.43. The summed E-state index contributed by atoms with van der Waals surface area (Å²) in [7, 11) is 0. The highest BCUT2D eigenvalue weighted by Crippen LogP contribution is 2.11.